The molecule has 84 valence electrons. The Morgan fingerprint density at radius 3 is 2.35 bits per heavy atom. The molecule has 3 nitrogen and oxygen atoms in total. The lowest BCUT2D eigenvalue weighted by molar-refractivity contribution is 0.186. The molecule has 0 amide bonds. The summed E-state index contributed by atoms with van der Waals surface area (Å²) in [7, 11) is 1.69. The van der Waals surface area contributed by atoms with Crippen LogP contribution in [0.15, 0.2) is 42.5 Å². The van der Waals surface area contributed by atoms with E-state index in [2.05, 4.69) is 9.97 Å². The van der Waals surface area contributed by atoms with Crippen LogP contribution in [0.5, 0.6) is 0 Å². The molecule has 0 unspecified atom stereocenters. The zero-order chi connectivity index (χ0) is 11.7. The van der Waals surface area contributed by atoms with Crippen LogP contribution in [0.1, 0.15) is 5.56 Å². The molecule has 3 aromatic rings. The minimum absolute atomic E-state index is 0.560. The summed E-state index contributed by atoms with van der Waals surface area (Å²) in [4.78, 5) is 9.26. The fourth-order valence-electron chi connectivity index (χ4n) is 1.97. The van der Waals surface area contributed by atoms with E-state index in [9.17, 15) is 0 Å². The second-order valence-corrected chi connectivity index (χ2v) is 3.93. The number of hydrogen-bond acceptors (Lipinski definition) is 3. The normalized spacial score (nSPS) is 11.1. The number of ether oxygens (including phenoxy) is 1. The highest BCUT2D eigenvalue weighted by Crippen LogP contribution is 2.19. The van der Waals surface area contributed by atoms with Gasteiger partial charge in [0.05, 0.1) is 28.7 Å². The van der Waals surface area contributed by atoms with E-state index in [0.717, 1.165) is 27.6 Å². The van der Waals surface area contributed by atoms with Crippen LogP contribution in [0.2, 0.25) is 0 Å². The van der Waals surface area contributed by atoms with E-state index in [4.69, 9.17) is 4.74 Å². The number of para-hydroxylation sites is 3. The van der Waals surface area contributed by atoms with Crippen LogP contribution in [0.25, 0.3) is 22.1 Å². The van der Waals surface area contributed by atoms with Gasteiger partial charge in [-0.2, -0.15) is 0 Å². The number of nitrogens with zero attached hydrogens (tertiary/aromatic N) is 2. The molecule has 2 aromatic carbocycles. The number of methoxy groups -OCH3 is 1. The van der Waals surface area contributed by atoms with E-state index in [-0.39, 0.29) is 0 Å². The molecule has 0 aliphatic heterocycles. The Balaban J connectivity index is 2.35. The third-order valence-corrected chi connectivity index (χ3v) is 2.75. The summed E-state index contributed by atoms with van der Waals surface area (Å²) >= 11 is 0. The molecule has 3 heteroatoms. The van der Waals surface area contributed by atoms with Crippen LogP contribution in [0, 0.1) is 0 Å². The van der Waals surface area contributed by atoms with Crippen molar-refractivity contribution in [3.8, 4) is 0 Å². The average Bonchev–Trinajstić information content (AvgIpc) is 2.37. The van der Waals surface area contributed by atoms with Gasteiger partial charge in [0, 0.05) is 12.7 Å². The highest BCUT2D eigenvalue weighted by Gasteiger charge is 2.05. The molecule has 1 heterocycles. The summed E-state index contributed by atoms with van der Waals surface area (Å²) in [5, 5.41) is 0. The molecule has 0 spiro atoms. The highest BCUT2D eigenvalue weighted by molar-refractivity contribution is 5.87. The van der Waals surface area contributed by atoms with Crippen LogP contribution >= 0.6 is 0 Å². The van der Waals surface area contributed by atoms with E-state index < -0.39 is 0 Å². The number of fused-ring (bicyclic) bond motifs is 2. The molecular weight excluding hydrogens is 212 g/mol. The van der Waals surface area contributed by atoms with E-state index in [1.54, 1.807) is 7.11 Å². The third-order valence-electron chi connectivity index (χ3n) is 2.75. The lowest BCUT2D eigenvalue weighted by atomic mass is 10.1. The van der Waals surface area contributed by atoms with Gasteiger partial charge in [0.1, 0.15) is 0 Å². The summed E-state index contributed by atoms with van der Waals surface area (Å²) in [6.07, 6.45) is 0. The van der Waals surface area contributed by atoms with Crippen LogP contribution in [-0.2, 0) is 11.3 Å². The zero-order valence-corrected chi connectivity index (χ0v) is 9.55. The molecule has 0 fully saturated rings. The first kappa shape index (κ1) is 10.2. The lowest BCUT2D eigenvalue weighted by Crippen LogP contribution is -1.94. The Labute approximate surface area is 99.1 Å². The molecule has 0 bridgehead atoms. The molecule has 0 aliphatic carbocycles. The molecule has 0 saturated carbocycles. The Kier molecular flexibility index (Phi) is 2.46. The maximum Gasteiger partial charge on any atom is 0.0949 e. The number of benzene rings is 2. The van der Waals surface area contributed by atoms with E-state index in [0.29, 0.717) is 6.61 Å². The van der Waals surface area contributed by atoms with Gasteiger partial charge in [-0.15, -0.1) is 0 Å². The van der Waals surface area contributed by atoms with Gasteiger partial charge in [0.25, 0.3) is 0 Å². The average molecular weight is 224 g/mol. The highest BCUT2D eigenvalue weighted by atomic mass is 16.5. The Morgan fingerprint density at radius 1 is 0.882 bits per heavy atom. The van der Waals surface area contributed by atoms with Crippen molar-refractivity contribution in [2.75, 3.05) is 7.11 Å². The molecule has 0 radical (unpaired) electrons. The first-order valence-corrected chi connectivity index (χ1v) is 5.52. The fourth-order valence-corrected chi connectivity index (χ4v) is 1.97. The second-order valence-electron chi connectivity index (χ2n) is 3.93. The molecule has 0 N–H and O–H groups in total. The van der Waals surface area contributed by atoms with Gasteiger partial charge in [-0.1, -0.05) is 24.3 Å². The van der Waals surface area contributed by atoms with E-state index in [1.807, 2.05) is 42.5 Å². The molecule has 0 atom stereocenters. The van der Waals surface area contributed by atoms with Crippen molar-refractivity contribution in [3.63, 3.8) is 0 Å². The Hall–Kier alpha value is -2.00. The Bertz CT molecular complexity index is 679. The maximum atomic E-state index is 5.18. The van der Waals surface area contributed by atoms with Crippen molar-refractivity contribution in [1.29, 1.82) is 0 Å². The van der Waals surface area contributed by atoms with Crippen molar-refractivity contribution in [2.24, 2.45) is 0 Å². The topological polar surface area (TPSA) is 35.0 Å². The first-order chi connectivity index (χ1) is 8.38. The number of rotatable bonds is 2. The number of aromatic nitrogens is 2. The van der Waals surface area contributed by atoms with E-state index in [1.165, 1.54) is 0 Å². The van der Waals surface area contributed by atoms with Gasteiger partial charge in [-0.25, -0.2) is 9.97 Å². The van der Waals surface area contributed by atoms with Crippen molar-refractivity contribution >= 4 is 22.1 Å². The Morgan fingerprint density at radius 2 is 1.59 bits per heavy atom. The molecule has 0 saturated heterocycles. The summed E-state index contributed by atoms with van der Waals surface area (Å²) in [5.74, 6) is 0. The molecule has 17 heavy (non-hydrogen) atoms. The minimum atomic E-state index is 0.560. The van der Waals surface area contributed by atoms with Gasteiger partial charge in [0.2, 0.25) is 0 Å². The summed E-state index contributed by atoms with van der Waals surface area (Å²) in [5.41, 5.74) is 4.76. The van der Waals surface area contributed by atoms with Crippen LogP contribution < -0.4 is 0 Å². The van der Waals surface area contributed by atoms with Gasteiger partial charge in [0.15, 0.2) is 0 Å². The zero-order valence-electron chi connectivity index (χ0n) is 9.55. The SMILES string of the molecule is COCc1cccc2nc3ccccc3nc12. The van der Waals surface area contributed by atoms with Gasteiger partial charge in [-0.3, -0.25) is 0 Å². The molecule has 1 aromatic heterocycles. The largest absolute Gasteiger partial charge is 0.380 e. The molecule has 0 aliphatic rings. The quantitative estimate of drug-likeness (QED) is 0.628. The van der Waals surface area contributed by atoms with Crippen LogP contribution in [0.4, 0.5) is 0 Å². The first-order valence-electron chi connectivity index (χ1n) is 5.52. The summed E-state index contributed by atoms with van der Waals surface area (Å²) in [6, 6.07) is 13.9. The van der Waals surface area contributed by atoms with Crippen molar-refractivity contribution in [3.05, 3.63) is 48.0 Å². The fraction of sp³-hybridized carbons (Fsp3) is 0.143. The van der Waals surface area contributed by atoms with Crippen molar-refractivity contribution < 1.29 is 4.74 Å². The predicted octanol–water partition coefficient (Wildman–Crippen LogP) is 2.93. The standard InChI is InChI=1S/C14H12N2O/c1-17-9-10-5-4-8-13-14(10)16-12-7-3-2-6-11(12)15-13/h2-8H,9H2,1H3. The second kappa shape index (κ2) is 4.11. The van der Waals surface area contributed by atoms with Crippen LogP contribution in [0.3, 0.4) is 0 Å². The maximum absolute atomic E-state index is 5.18. The lowest BCUT2D eigenvalue weighted by Gasteiger charge is -2.05. The predicted molar refractivity (Wildman–Crippen MR) is 67.8 cm³/mol. The monoisotopic (exact) mass is 224 g/mol. The van der Waals surface area contributed by atoms with Crippen molar-refractivity contribution in [2.45, 2.75) is 6.61 Å². The van der Waals surface area contributed by atoms with Gasteiger partial charge >= 0.3 is 0 Å². The molecular formula is C14H12N2O. The number of hydrogen-bond donors (Lipinski definition) is 0. The summed E-state index contributed by atoms with van der Waals surface area (Å²) in [6.45, 7) is 0.560. The summed E-state index contributed by atoms with van der Waals surface area (Å²) < 4.78 is 5.18. The minimum Gasteiger partial charge on any atom is -0.380 e. The van der Waals surface area contributed by atoms with Gasteiger partial charge < -0.3 is 4.74 Å². The van der Waals surface area contributed by atoms with Crippen molar-refractivity contribution in [1.82, 2.24) is 9.97 Å². The third kappa shape index (κ3) is 1.74. The molecule has 3 rings (SSSR count). The van der Waals surface area contributed by atoms with E-state index >= 15 is 0 Å². The van der Waals surface area contributed by atoms with Gasteiger partial charge in [-0.05, 0) is 18.2 Å². The smallest absolute Gasteiger partial charge is 0.0949 e. The van der Waals surface area contributed by atoms with Crippen LogP contribution in [-0.4, -0.2) is 17.1 Å².